The monoisotopic (exact) mass is 736 g/mol. The zero-order valence-electron chi connectivity index (χ0n) is 40.7. The second kappa shape index (κ2) is 12.1. The molecule has 10 aromatic rings. The van der Waals surface area contributed by atoms with E-state index < -0.39 is 60.5 Å². The van der Waals surface area contributed by atoms with Gasteiger partial charge in [0.25, 0.3) is 0 Å². The van der Waals surface area contributed by atoms with Crippen LogP contribution in [-0.2, 0) is 5.41 Å². The van der Waals surface area contributed by atoms with Crippen LogP contribution in [0.4, 0.5) is 0 Å². The zero-order valence-corrected chi connectivity index (χ0v) is 29.5. The molecule has 11 rings (SSSR count). The summed E-state index contributed by atoms with van der Waals surface area (Å²) in [6, 6.07) is 34.6. The number of aromatic nitrogens is 4. The Balaban J connectivity index is 1.12. The van der Waals surface area contributed by atoms with Crippen LogP contribution in [0.15, 0.2) is 161 Å². The average molecular weight is 737 g/mol. The molecule has 0 saturated carbocycles. The predicted molar refractivity (Wildman–Crippen MR) is 225 cm³/mol. The molecule has 0 amide bonds. The Kier molecular flexibility index (Phi) is 4.81. The molecule has 5 nitrogen and oxygen atoms in total. The number of fused-ring (bicyclic) bond motifs is 8. The van der Waals surface area contributed by atoms with Crippen molar-refractivity contribution >= 4 is 43.5 Å². The number of thiazole rings is 1. The lowest BCUT2D eigenvalue weighted by molar-refractivity contribution is 0.660. The SMILES string of the molecule is [2H]c1nc2c([2H])c([2H])c3c(c2s1)-c1c([2H])c([2H])c(-c2cccc4c2oc2c(-c5cccc(-c6nc(-c7ccccc7)nc(-c7ccccc7)n6)c5)cccc24)c([2H])c1C3(C([2H])([2H])[2H])C([2H])([2H])[2H]. The van der Waals surface area contributed by atoms with Gasteiger partial charge in [0.2, 0.25) is 0 Å². The second-order valence-electron chi connectivity index (χ2n) is 13.3. The highest BCUT2D eigenvalue weighted by Crippen LogP contribution is 2.53. The smallest absolute Gasteiger partial charge is 0.164 e. The number of rotatable bonds is 5. The maximum atomic E-state index is 9.84. The lowest BCUT2D eigenvalue weighted by Gasteiger charge is -2.22. The lowest BCUT2D eigenvalue weighted by atomic mass is 9.81. The Labute approximate surface area is 338 Å². The van der Waals surface area contributed by atoms with Gasteiger partial charge in [-0.1, -0.05) is 147 Å². The number of benzene rings is 7. The first-order valence-corrected chi connectivity index (χ1v) is 18.3. The quantitative estimate of drug-likeness (QED) is 0.176. The van der Waals surface area contributed by atoms with Crippen molar-refractivity contribution < 1.29 is 20.9 Å². The molecule has 0 bridgehead atoms. The van der Waals surface area contributed by atoms with Crippen LogP contribution in [-0.4, -0.2) is 19.9 Å². The van der Waals surface area contributed by atoms with Crippen LogP contribution < -0.4 is 0 Å². The minimum atomic E-state index is -3.46. The maximum Gasteiger partial charge on any atom is 0.164 e. The third-order valence-electron chi connectivity index (χ3n) is 10.0. The molecule has 0 N–H and O–H groups in total. The van der Waals surface area contributed by atoms with E-state index in [1.165, 1.54) is 0 Å². The van der Waals surface area contributed by atoms with Crippen LogP contribution in [0, 0.1) is 0 Å². The van der Waals surface area contributed by atoms with Crippen molar-refractivity contribution in [3.8, 4) is 67.5 Å². The summed E-state index contributed by atoms with van der Waals surface area (Å²) < 4.78 is 115. The fourth-order valence-corrected chi connectivity index (χ4v) is 8.16. The van der Waals surface area contributed by atoms with Crippen molar-refractivity contribution in [3.05, 3.63) is 168 Å². The van der Waals surface area contributed by atoms with E-state index in [9.17, 15) is 4.11 Å². The topological polar surface area (TPSA) is 64.7 Å². The van der Waals surface area contributed by atoms with Gasteiger partial charge in [-0.3, -0.25) is 0 Å². The molecule has 0 spiro atoms. The molecule has 0 atom stereocenters. The summed E-state index contributed by atoms with van der Waals surface area (Å²) in [5, 5.41) is 1.26. The number of furan rings is 1. The Morgan fingerprint density at radius 2 is 1.16 bits per heavy atom. The Hall–Kier alpha value is -6.76. The number of para-hydroxylation sites is 2. The fourth-order valence-electron chi connectivity index (χ4n) is 7.43. The van der Waals surface area contributed by atoms with Gasteiger partial charge in [0.1, 0.15) is 11.2 Å². The molecule has 1 aliphatic carbocycles. The van der Waals surface area contributed by atoms with Crippen LogP contribution >= 0.6 is 11.3 Å². The highest BCUT2D eigenvalue weighted by atomic mass is 32.1. The van der Waals surface area contributed by atoms with Crippen molar-refractivity contribution in [2.45, 2.75) is 19.1 Å². The van der Waals surface area contributed by atoms with Crippen molar-refractivity contribution in [2.24, 2.45) is 0 Å². The summed E-state index contributed by atoms with van der Waals surface area (Å²) in [5.41, 5.74) is -0.747. The number of nitrogens with zero attached hydrogens (tertiary/aromatic N) is 4. The van der Waals surface area contributed by atoms with Gasteiger partial charge in [-0.15, -0.1) is 11.3 Å². The molecular weight excluding hydrogens is 693 g/mol. The van der Waals surface area contributed by atoms with E-state index in [2.05, 4.69) is 4.98 Å². The average Bonchev–Trinajstić information content (AvgIpc) is 4.01. The molecule has 6 heteroatoms. The molecule has 3 aromatic heterocycles. The van der Waals surface area contributed by atoms with Crippen LogP contribution in [0.5, 0.6) is 0 Å². The van der Waals surface area contributed by atoms with E-state index in [4.69, 9.17) is 31.7 Å². The lowest BCUT2D eigenvalue weighted by Crippen LogP contribution is -2.14. The second-order valence-corrected chi connectivity index (χ2v) is 14.1. The third-order valence-corrected chi connectivity index (χ3v) is 10.8. The first-order valence-electron chi connectivity index (χ1n) is 23.5. The third kappa shape index (κ3) is 4.99. The highest BCUT2D eigenvalue weighted by molar-refractivity contribution is 7.17. The summed E-state index contributed by atoms with van der Waals surface area (Å²) in [6.07, 6.45) is 0. The molecule has 0 radical (unpaired) electrons. The minimum Gasteiger partial charge on any atom is -0.455 e. The van der Waals surface area contributed by atoms with E-state index in [-0.39, 0.29) is 43.5 Å². The van der Waals surface area contributed by atoms with Gasteiger partial charge >= 0.3 is 0 Å². The molecule has 3 heterocycles. The van der Waals surface area contributed by atoms with Crippen LogP contribution in [0.3, 0.4) is 0 Å². The van der Waals surface area contributed by atoms with Crippen LogP contribution in [0.1, 0.15) is 41.3 Å². The molecule has 260 valence electrons. The predicted octanol–water partition coefficient (Wildman–Crippen LogP) is 13.0. The van der Waals surface area contributed by atoms with Gasteiger partial charge in [0, 0.05) is 57.8 Å². The standard InChI is InChI=1S/C49H32N4OS/c1-49(2)39-24-25-41-45(55-28-50-41)42(39)38-23-22-32(27-40(38)49)35-19-11-21-37-36-20-10-18-34(43(36)54-44(35)37)31-16-9-17-33(26-31)48-52-46(29-12-5-3-6-13-29)51-47(53-48)30-14-7-4-8-15-30/h3-28H,1-2H3/i1D3,2D3,22D,23D,24D,25D,27D,28D. The van der Waals surface area contributed by atoms with Crippen LogP contribution in [0.2, 0.25) is 0 Å². The van der Waals surface area contributed by atoms with Gasteiger partial charge in [0.05, 0.1) is 23.9 Å². The minimum absolute atomic E-state index is 0.0393. The normalized spacial score (nSPS) is 16.7. The van der Waals surface area contributed by atoms with E-state index >= 15 is 0 Å². The van der Waals surface area contributed by atoms with Gasteiger partial charge in [-0.2, -0.15) is 0 Å². The molecule has 0 aliphatic heterocycles. The molecular formula is C49H32N4OS. The molecule has 0 saturated heterocycles. The summed E-state index contributed by atoms with van der Waals surface area (Å²) in [4.78, 5) is 18.7. The van der Waals surface area contributed by atoms with Crippen molar-refractivity contribution in [1.82, 2.24) is 19.9 Å². The van der Waals surface area contributed by atoms with E-state index in [1.54, 1.807) is 18.2 Å². The Morgan fingerprint density at radius 1 is 0.564 bits per heavy atom. The van der Waals surface area contributed by atoms with E-state index in [0.717, 1.165) is 28.0 Å². The van der Waals surface area contributed by atoms with Gasteiger partial charge in [-0.05, 0) is 46.0 Å². The zero-order chi connectivity index (χ0) is 46.9. The van der Waals surface area contributed by atoms with Crippen LogP contribution in [0.25, 0.3) is 99.7 Å². The molecule has 7 aromatic carbocycles. The first-order chi connectivity index (χ1) is 32.0. The molecule has 0 unspecified atom stereocenters. The highest BCUT2D eigenvalue weighted by Gasteiger charge is 2.37. The summed E-state index contributed by atoms with van der Waals surface area (Å²) >= 11 is 0.744. The summed E-state index contributed by atoms with van der Waals surface area (Å²) in [7, 11) is 0. The molecule has 0 fully saturated rings. The van der Waals surface area contributed by atoms with Crippen molar-refractivity contribution in [3.63, 3.8) is 0 Å². The Bertz CT molecular complexity index is 3630. The van der Waals surface area contributed by atoms with Gasteiger partial charge < -0.3 is 4.42 Å². The van der Waals surface area contributed by atoms with Crippen molar-refractivity contribution in [2.75, 3.05) is 0 Å². The molecule has 1 aliphatic rings. The summed E-state index contributed by atoms with van der Waals surface area (Å²) in [5.74, 6) is 1.46. The number of hydrogen-bond donors (Lipinski definition) is 0. The van der Waals surface area contributed by atoms with Gasteiger partial charge in [0.15, 0.2) is 17.5 Å². The Morgan fingerprint density at radius 3 is 1.84 bits per heavy atom. The fraction of sp³-hybridized carbons (Fsp3) is 0.0612. The maximum absolute atomic E-state index is 9.84. The van der Waals surface area contributed by atoms with E-state index in [0.29, 0.717) is 45.0 Å². The first kappa shape index (κ1) is 21.8. The summed E-state index contributed by atoms with van der Waals surface area (Å²) in [6.45, 7) is -6.93. The van der Waals surface area contributed by atoms with Gasteiger partial charge in [-0.25, -0.2) is 19.9 Å². The molecule has 55 heavy (non-hydrogen) atoms. The largest absolute Gasteiger partial charge is 0.455 e. The van der Waals surface area contributed by atoms with E-state index in [1.807, 2.05) is 103 Å². The van der Waals surface area contributed by atoms with Crippen molar-refractivity contribution in [1.29, 1.82) is 0 Å². The number of hydrogen-bond acceptors (Lipinski definition) is 6.